The van der Waals surface area contributed by atoms with Gasteiger partial charge in [-0.1, -0.05) is 23.9 Å². The first-order valence-electron chi connectivity index (χ1n) is 6.90. The van der Waals surface area contributed by atoms with Gasteiger partial charge < -0.3 is 14.6 Å². The maximum atomic E-state index is 12.2. The van der Waals surface area contributed by atoms with Gasteiger partial charge in [0.25, 0.3) is 0 Å². The molecule has 0 saturated heterocycles. The van der Waals surface area contributed by atoms with Crippen LogP contribution in [-0.2, 0) is 11.2 Å². The standard InChI is InChI=1S/C16H12F3NO4S.K/c17-16(18,19)24-12-4-1-3-10(8-12)7-11(21)9-25-14-13(15(22)23)5-2-6-20-14;/h1-6,8H,7,9H2,(H,22,23);/q;+1/p-1. The number of halogens is 3. The number of nitrogens with zero attached hydrogens (tertiary/aromatic N) is 1. The Morgan fingerprint density at radius 3 is 2.58 bits per heavy atom. The molecule has 0 atom stereocenters. The molecule has 1 aromatic carbocycles. The van der Waals surface area contributed by atoms with Crippen molar-refractivity contribution >= 4 is 23.5 Å². The number of carbonyl (C=O) groups is 2. The Labute approximate surface area is 193 Å². The number of aromatic nitrogens is 1. The molecule has 0 radical (unpaired) electrons. The quantitative estimate of drug-likeness (QED) is 0.443. The van der Waals surface area contributed by atoms with Crippen molar-refractivity contribution in [1.82, 2.24) is 4.98 Å². The number of carboxylic acids is 1. The fraction of sp³-hybridized carbons (Fsp3) is 0.188. The van der Waals surface area contributed by atoms with Gasteiger partial charge in [-0.2, -0.15) is 0 Å². The molecule has 0 N–H and O–H groups in total. The van der Waals surface area contributed by atoms with Crippen LogP contribution in [0.25, 0.3) is 0 Å². The van der Waals surface area contributed by atoms with E-state index in [1.54, 1.807) is 0 Å². The molecule has 2 rings (SSSR count). The second-order valence-electron chi connectivity index (χ2n) is 4.84. The van der Waals surface area contributed by atoms with Crippen molar-refractivity contribution in [2.45, 2.75) is 17.8 Å². The summed E-state index contributed by atoms with van der Waals surface area (Å²) in [5.41, 5.74) is 0.231. The van der Waals surface area contributed by atoms with Gasteiger partial charge in [0, 0.05) is 18.2 Å². The topological polar surface area (TPSA) is 79.3 Å². The summed E-state index contributed by atoms with van der Waals surface area (Å²) in [6.45, 7) is 0. The zero-order valence-electron chi connectivity index (χ0n) is 13.6. The van der Waals surface area contributed by atoms with Crippen LogP contribution in [0.1, 0.15) is 15.9 Å². The normalized spacial score (nSPS) is 10.7. The van der Waals surface area contributed by atoms with E-state index >= 15 is 0 Å². The Kier molecular flexibility index (Phi) is 9.28. The minimum absolute atomic E-state index is 0. The Bertz CT molecular complexity index is 786. The van der Waals surface area contributed by atoms with Crippen LogP contribution in [0.4, 0.5) is 13.2 Å². The Balaban J connectivity index is 0.00000338. The van der Waals surface area contributed by atoms with Crippen molar-refractivity contribution < 1.29 is 84.0 Å². The molecule has 0 unspecified atom stereocenters. The van der Waals surface area contributed by atoms with E-state index < -0.39 is 18.1 Å². The monoisotopic (exact) mass is 409 g/mol. The number of ether oxygens (including phenoxy) is 1. The molecule has 26 heavy (non-hydrogen) atoms. The fourth-order valence-corrected chi connectivity index (χ4v) is 2.78. The number of benzene rings is 1. The number of alkyl halides is 3. The molecular weight excluding hydrogens is 398 g/mol. The summed E-state index contributed by atoms with van der Waals surface area (Å²) < 4.78 is 40.4. The van der Waals surface area contributed by atoms with E-state index in [-0.39, 0.29) is 79.9 Å². The van der Waals surface area contributed by atoms with Crippen molar-refractivity contribution in [3.8, 4) is 5.75 Å². The molecule has 0 spiro atoms. The third kappa shape index (κ3) is 7.76. The van der Waals surface area contributed by atoms with Crippen LogP contribution >= 0.6 is 11.8 Å². The van der Waals surface area contributed by atoms with Crippen LogP contribution in [-0.4, -0.2) is 28.9 Å². The molecule has 1 aromatic heterocycles. The zero-order chi connectivity index (χ0) is 18.4. The van der Waals surface area contributed by atoms with Gasteiger partial charge in [0.2, 0.25) is 0 Å². The number of hydrogen-bond acceptors (Lipinski definition) is 6. The molecule has 0 bridgehead atoms. The molecular formula is C16H11F3KNO4S. The smallest absolute Gasteiger partial charge is 0.545 e. The first-order valence-corrected chi connectivity index (χ1v) is 7.89. The van der Waals surface area contributed by atoms with Crippen molar-refractivity contribution in [3.05, 3.63) is 53.7 Å². The maximum Gasteiger partial charge on any atom is 1.00 e. The minimum Gasteiger partial charge on any atom is -0.545 e. The van der Waals surface area contributed by atoms with Crippen LogP contribution in [0.2, 0.25) is 0 Å². The molecule has 132 valence electrons. The van der Waals surface area contributed by atoms with Gasteiger partial charge >= 0.3 is 57.7 Å². The summed E-state index contributed by atoms with van der Waals surface area (Å²) in [4.78, 5) is 26.8. The number of hydrogen-bond donors (Lipinski definition) is 0. The summed E-state index contributed by atoms with van der Waals surface area (Å²) in [5, 5.41) is 11.1. The second kappa shape index (κ2) is 10.4. The van der Waals surface area contributed by atoms with Crippen molar-refractivity contribution in [2.24, 2.45) is 0 Å². The number of ketones is 1. The number of thioether (sulfide) groups is 1. The van der Waals surface area contributed by atoms with Gasteiger partial charge in [-0.25, -0.2) is 4.98 Å². The van der Waals surface area contributed by atoms with Crippen LogP contribution in [0.3, 0.4) is 0 Å². The van der Waals surface area contributed by atoms with Crippen LogP contribution in [0, 0.1) is 0 Å². The van der Waals surface area contributed by atoms with Crippen LogP contribution < -0.4 is 61.2 Å². The molecule has 5 nitrogen and oxygen atoms in total. The SMILES string of the molecule is O=C(CSc1ncccc1C(=O)[O-])Cc1cccc(OC(F)(F)F)c1.[K+]. The largest absolute Gasteiger partial charge is 1.00 e. The average Bonchev–Trinajstić information content (AvgIpc) is 2.52. The number of carbonyl (C=O) groups excluding carboxylic acids is 2. The Morgan fingerprint density at radius 1 is 1.19 bits per heavy atom. The summed E-state index contributed by atoms with van der Waals surface area (Å²) in [7, 11) is 0. The molecule has 0 aliphatic heterocycles. The van der Waals surface area contributed by atoms with Crippen molar-refractivity contribution in [2.75, 3.05) is 5.75 Å². The first kappa shape index (κ1) is 23.1. The van der Waals surface area contributed by atoms with E-state index in [9.17, 15) is 27.9 Å². The van der Waals surface area contributed by atoms with Crippen molar-refractivity contribution in [1.29, 1.82) is 0 Å². The Hall–Kier alpha value is -0.914. The third-order valence-electron chi connectivity index (χ3n) is 2.89. The number of aromatic carboxylic acids is 1. The second-order valence-corrected chi connectivity index (χ2v) is 5.81. The summed E-state index contributed by atoms with van der Waals surface area (Å²) in [5.74, 6) is -2.19. The first-order chi connectivity index (χ1) is 11.7. The van der Waals surface area contributed by atoms with Gasteiger partial charge in [-0.15, -0.1) is 13.2 Å². The number of rotatable bonds is 7. The van der Waals surface area contributed by atoms with E-state index in [2.05, 4.69) is 9.72 Å². The third-order valence-corrected chi connectivity index (χ3v) is 3.96. The molecule has 0 fully saturated rings. The molecule has 0 amide bonds. The fourth-order valence-electron chi connectivity index (χ4n) is 1.94. The van der Waals surface area contributed by atoms with Gasteiger partial charge in [-0.05, 0) is 29.8 Å². The van der Waals surface area contributed by atoms with E-state index in [1.165, 1.54) is 30.5 Å². The molecule has 2 aromatic rings. The van der Waals surface area contributed by atoms with Gasteiger partial charge in [0.05, 0.1) is 11.7 Å². The van der Waals surface area contributed by atoms with Crippen LogP contribution in [0.5, 0.6) is 5.75 Å². The van der Waals surface area contributed by atoms with Gasteiger partial charge in [-0.3, -0.25) is 4.79 Å². The van der Waals surface area contributed by atoms with E-state index in [1.807, 2.05) is 0 Å². The summed E-state index contributed by atoms with van der Waals surface area (Å²) >= 11 is 0.924. The number of Topliss-reactive ketones (excluding diaryl/α,β-unsaturated/α-hetero) is 1. The molecule has 0 saturated carbocycles. The molecule has 0 aliphatic carbocycles. The average molecular weight is 409 g/mol. The minimum atomic E-state index is -4.81. The number of carboxylic acid groups (broad SMARTS) is 1. The van der Waals surface area contributed by atoms with E-state index in [0.29, 0.717) is 5.56 Å². The predicted octanol–water partition coefficient (Wildman–Crippen LogP) is -0.748. The molecule has 1 heterocycles. The predicted molar refractivity (Wildman–Crippen MR) is 81.1 cm³/mol. The number of pyridine rings is 1. The van der Waals surface area contributed by atoms with E-state index in [0.717, 1.165) is 23.9 Å². The summed E-state index contributed by atoms with van der Waals surface area (Å²) in [6.07, 6.45) is -3.54. The van der Waals surface area contributed by atoms with Crippen molar-refractivity contribution in [3.63, 3.8) is 0 Å². The van der Waals surface area contributed by atoms with Gasteiger partial charge in [0.1, 0.15) is 16.6 Å². The molecule has 10 heteroatoms. The Morgan fingerprint density at radius 2 is 1.92 bits per heavy atom. The summed E-state index contributed by atoms with van der Waals surface area (Å²) in [6, 6.07) is 7.86. The van der Waals surface area contributed by atoms with Gasteiger partial charge in [0.15, 0.2) is 0 Å². The maximum absolute atomic E-state index is 12.2. The van der Waals surface area contributed by atoms with E-state index in [4.69, 9.17) is 0 Å². The molecule has 0 aliphatic rings. The zero-order valence-corrected chi connectivity index (χ0v) is 17.5. The van der Waals surface area contributed by atoms with Crippen LogP contribution in [0.15, 0.2) is 47.6 Å².